The molecule has 1 heterocycles. The van der Waals surface area contributed by atoms with E-state index in [0.29, 0.717) is 5.11 Å². The van der Waals surface area contributed by atoms with Gasteiger partial charge in [-0.25, -0.2) is 0 Å². The van der Waals surface area contributed by atoms with Crippen molar-refractivity contribution in [2.45, 2.75) is 26.7 Å². The molecule has 0 saturated carbocycles. The van der Waals surface area contributed by atoms with E-state index in [1.807, 2.05) is 24.3 Å². The molecule has 5 heteroatoms. The molecule has 0 spiro atoms. The van der Waals surface area contributed by atoms with Crippen molar-refractivity contribution in [1.29, 1.82) is 0 Å². The predicted octanol–water partition coefficient (Wildman–Crippen LogP) is 4.10. The standard InChI is InChI=1S/C17H26BrN3S/c1-13-9-14(2)12-21(11-13)8-4-7-19-17(22)20-16-6-3-5-15(18)10-16/h3,5-6,10,13-14H,4,7-9,11-12H2,1-2H3,(H2,19,20,22)/t13-,14-/m1/s1. The van der Waals surface area contributed by atoms with Crippen LogP contribution in [0.3, 0.4) is 0 Å². The lowest BCUT2D eigenvalue weighted by Crippen LogP contribution is -2.40. The average molecular weight is 384 g/mol. The SMILES string of the molecule is C[C@@H]1C[C@@H](C)CN(CCCNC(=S)Nc2cccc(Br)c2)C1. The molecule has 22 heavy (non-hydrogen) atoms. The van der Waals surface area contributed by atoms with Gasteiger partial charge in [0.1, 0.15) is 0 Å². The van der Waals surface area contributed by atoms with Crippen molar-refractivity contribution in [3.63, 3.8) is 0 Å². The number of nitrogens with one attached hydrogen (secondary N) is 2. The number of hydrogen-bond donors (Lipinski definition) is 2. The summed E-state index contributed by atoms with van der Waals surface area (Å²) in [5, 5.41) is 7.20. The fourth-order valence-corrected chi connectivity index (χ4v) is 3.84. The molecule has 1 aliphatic rings. The van der Waals surface area contributed by atoms with E-state index in [9.17, 15) is 0 Å². The van der Waals surface area contributed by atoms with Crippen LogP contribution in [0.4, 0.5) is 5.69 Å². The Morgan fingerprint density at radius 1 is 1.32 bits per heavy atom. The molecule has 2 atom stereocenters. The lowest BCUT2D eigenvalue weighted by molar-refractivity contribution is 0.140. The summed E-state index contributed by atoms with van der Waals surface area (Å²) >= 11 is 8.80. The highest BCUT2D eigenvalue weighted by molar-refractivity contribution is 9.10. The number of rotatable bonds is 5. The van der Waals surface area contributed by atoms with E-state index >= 15 is 0 Å². The zero-order valence-electron chi connectivity index (χ0n) is 13.4. The fourth-order valence-electron chi connectivity index (χ4n) is 3.22. The summed E-state index contributed by atoms with van der Waals surface area (Å²) in [4.78, 5) is 2.59. The zero-order valence-corrected chi connectivity index (χ0v) is 15.8. The molecule has 0 amide bonds. The molecule has 1 aromatic rings. The van der Waals surface area contributed by atoms with Gasteiger partial charge in [-0.1, -0.05) is 35.8 Å². The molecule has 1 fully saturated rings. The van der Waals surface area contributed by atoms with Gasteiger partial charge in [0.25, 0.3) is 0 Å². The van der Waals surface area contributed by atoms with Gasteiger partial charge in [0, 0.05) is 29.8 Å². The quantitative estimate of drug-likeness (QED) is 0.590. The van der Waals surface area contributed by atoms with Gasteiger partial charge in [-0.15, -0.1) is 0 Å². The van der Waals surface area contributed by atoms with Crippen molar-refractivity contribution in [3.8, 4) is 0 Å². The molecule has 0 unspecified atom stereocenters. The Hall–Kier alpha value is -0.650. The highest BCUT2D eigenvalue weighted by Gasteiger charge is 2.20. The monoisotopic (exact) mass is 383 g/mol. The summed E-state index contributed by atoms with van der Waals surface area (Å²) in [5.74, 6) is 1.66. The topological polar surface area (TPSA) is 27.3 Å². The minimum atomic E-state index is 0.693. The number of halogens is 1. The summed E-state index contributed by atoms with van der Waals surface area (Å²) in [5.41, 5.74) is 1.01. The van der Waals surface area contributed by atoms with Gasteiger partial charge in [0.15, 0.2) is 5.11 Å². The van der Waals surface area contributed by atoms with Crippen LogP contribution in [-0.4, -0.2) is 36.2 Å². The third-order valence-electron chi connectivity index (χ3n) is 3.96. The largest absolute Gasteiger partial charge is 0.362 e. The maximum absolute atomic E-state index is 5.34. The number of hydrogen-bond acceptors (Lipinski definition) is 2. The molecular weight excluding hydrogens is 358 g/mol. The molecule has 122 valence electrons. The first-order valence-electron chi connectivity index (χ1n) is 8.05. The van der Waals surface area contributed by atoms with E-state index in [4.69, 9.17) is 12.2 Å². The Kier molecular flexibility index (Phi) is 7.12. The van der Waals surface area contributed by atoms with Crippen molar-refractivity contribution in [2.24, 2.45) is 11.8 Å². The summed E-state index contributed by atoms with van der Waals surface area (Å²) < 4.78 is 1.05. The summed E-state index contributed by atoms with van der Waals surface area (Å²) in [6.07, 6.45) is 2.50. The molecule has 0 radical (unpaired) electrons. The summed E-state index contributed by atoms with van der Waals surface area (Å²) in [6.45, 7) is 9.27. The number of benzene rings is 1. The lowest BCUT2D eigenvalue weighted by Gasteiger charge is -2.35. The Morgan fingerprint density at radius 3 is 2.73 bits per heavy atom. The van der Waals surface area contributed by atoms with Crippen molar-refractivity contribution >= 4 is 38.9 Å². The van der Waals surface area contributed by atoms with Crippen molar-refractivity contribution in [3.05, 3.63) is 28.7 Å². The van der Waals surface area contributed by atoms with E-state index in [-0.39, 0.29) is 0 Å². The minimum absolute atomic E-state index is 0.693. The average Bonchev–Trinajstić information content (AvgIpc) is 2.42. The van der Waals surface area contributed by atoms with Crippen LogP contribution < -0.4 is 10.6 Å². The molecule has 1 aromatic carbocycles. The highest BCUT2D eigenvalue weighted by atomic mass is 79.9. The second-order valence-electron chi connectivity index (χ2n) is 6.45. The second kappa shape index (κ2) is 8.85. The first kappa shape index (κ1) is 17.7. The van der Waals surface area contributed by atoms with E-state index in [1.165, 1.54) is 19.5 Å². The molecule has 2 rings (SSSR count). The first-order valence-corrected chi connectivity index (χ1v) is 9.26. The molecule has 2 N–H and O–H groups in total. The smallest absolute Gasteiger partial charge is 0.170 e. The van der Waals surface area contributed by atoms with Crippen molar-refractivity contribution in [2.75, 3.05) is 31.5 Å². The molecule has 0 aliphatic carbocycles. The normalized spacial score (nSPS) is 22.3. The van der Waals surface area contributed by atoms with Gasteiger partial charge in [-0.3, -0.25) is 0 Å². The van der Waals surface area contributed by atoms with Gasteiger partial charge < -0.3 is 15.5 Å². The van der Waals surface area contributed by atoms with Crippen LogP contribution in [0.25, 0.3) is 0 Å². The van der Waals surface area contributed by atoms with Crippen LogP contribution in [-0.2, 0) is 0 Å². The number of nitrogens with zero attached hydrogens (tertiary/aromatic N) is 1. The van der Waals surface area contributed by atoms with Gasteiger partial charge in [0.05, 0.1) is 0 Å². The first-order chi connectivity index (χ1) is 10.5. The Balaban J connectivity index is 1.63. The maximum atomic E-state index is 5.34. The van der Waals surface area contributed by atoms with Crippen LogP contribution in [0, 0.1) is 11.8 Å². The van der Waals surface area contributed by atoms with Gasteiger partial charge in [-0.2, -0.15) is 0 Å². The van der Waals surface area contributed by atoms with E-state index in [2.05, 4.69) is 45.3 Å². The van der Waals surface area contributed by atoms with Gasteiger partial charge >= 0.3 is 0 Å². The van der Waals surface area contributed by atoms with Crippen LogP contribution in [0.1, 0.15) is 26.7 Å². The lowest BCUT2D eigenvalue weighted by atomic mass is 9.92. The summed E-state index contributed by atoms with van der Waals surface area (Å²) in [6, 6.07) is 8.02. The van der Waals surface area contributed by atoms with Crippen LogP contribution in [0.2, 0.25) is 0 Å². The van der Waals surface area contributed by atoms with Gasteiger partial charge in [0.2, 0.25) is 0 Å². The number of likely N-dealkylation sites (tertiary alicyclic amines) is 1. The zero-order chi connectivity index (χ0) is 15.9. The fraction of sp³-hybridized carbons (Fsp3) is 0.588. The number of thiocarbonyl (C=S) groups is 1. The molecule has 1 saturated heterocycles. The highest BCUT2D eigenvalue weighted by Crippen LogP contribution is 2.20. The minimum Gasteiger partial charge on any atom is -0.362 e. The third kappa shape index (κ3) is 6.23. The van der Waals surface area contributed by atoms with Crippen LogP contribution in [0.5, 0.6) is 0 Å². The maximum Gasteiger partial charge on any atom is 0.170 e. The van der Waals surface area contributed by atoms with E-state index in [0.717, 1.165) is 41.5 Å². The number of piperidine rings is 1. The second-order valence-corrected chi connectivity index (χ2v) is 7.77. The molecular formula is C17H26BrN3S. The number of anilines is 1. The van der Waals surface area contributed by atoms with Crippen molar-refractivity contribution < 1.29 is 0 Å². The Morgan fingerprint density at radius 2 is 2.05 bits per heavy atom. The van der Waals surface area contributed by atoms with Crippen LogP contribution in [0.15, 0.2) is 28.7 Å². The molecule has 1 aliphatic heterocycles. The van der Waals surface area contributed by atoms with Crippen LogP contribution >= 0.6 is 28.1 Å². The Bertz CT molecular complexity index is 485. The van der Waals surface area contributed by atoms with E-state index < -0.39 is 0 Å². The Labute approximate surface area is 148 Å². The van der Waals surface area contributed by atoms with Crippen molar-refractivity contribution in [1.82, 2.24) is 10.2 Å². The molecule has 3 nitrogen and oxygen atoms in total. The predicted molar refractivity (Wildman–Crippen MR) is 102 cm³/mol. The summed E-state index contributed by atoms with van der Waals surface area (Å²) in [7, 11) is 0. The third-order valence-corrected chi connectivity index (χ3v) is 4.70. The van der Waals surface area contributed by atoms with E-state index in [1.54, 1.807) is 0 Å². The molecule has 0 bridgehead atoms. The molecule has 0 aromatic heterocycles. The van der Waals surface area contributed by atoms with Gasteiger partial charge in [-0.05, 0) is 61.6 Å².